The van der Waals surface area contributed by atoms with E-state index in [9.17, 15) is 0 Å². The van der Waals surface area contributed by atoms with Gasteiger partial charge in [0, 0.05) is 24.5 Å². The fraction of sp³-hybridized carbons (Fsp3) is 0.111. The molecule has 2 aromatic heterocycles. The van der Waals surface area contributed by atoms with Crippen LogP contribution in [0.3, 0.4) is 0 Å². The summed E-state index contributed by atoms with van der Waals surface area (Å²) in [7, 11) is 0. The predicted octanol–water partition coefficient (Wildman–Crippen LogP) is 2.95. The van der Waals surface area contributed by atoms with Gasteiger partial charge in [0.2, 0.25) is 0 Å². The van der Waals surface area contributed by atoms with Crippen molar-refractivity contribution < 1.29 is 5.11 Å². The Balaban J connectivity index is 1.84. The molecule has 0 fully saturated rings. The lowest BCUT2D eigenvalue weighted by atomic mass is 10.1. The van der Waals surface area contributed by atoms with E-state index in [2.05, 4.69) is 45.6 Å². The van der Waals surface area contributed by atoms with Gasteiger partial charge in [0.1, 0.15) is 0 Å². The van der Waals surface area contributed by atoms with Crippen LogP contribution in [0.5, 0.6) is 0 Å². The lowest BCUT2D eigenvalue weighted by Crippen LogP contribution is -2.08. The molecule has 23 heavy (non-hydrogen) atoms. The monoisotopic (exact) mass is 304 g/mol. The SMILES string of the molecule is OCCNc1nccn2c(-c3ccc4ccccc4c3)cnc12. The zero-order valence-electron chi connectivity index (χ0n) is 12.5. The van der Waals surface area contributed by atoms with Crippen molar-refractivity contribution in [1.29, 1.82) is 0 Å². The molecule has 0 saturated heterocycles. The number of nitrogens with zero attached hydrogens (tertiary/aromatic N) is 3. The number of aliphatic hydroxyl groups is 1. The molecule has 2 heterocycles. The molecule has 0 saturated carbocycles. The molecule has 4 rings (SSSR count). The molecule has 0 bridgehead atoms. The highest BCUT2D eigenvalue weighted by Crippen LogP contribution is 2.26. The van der Waals surface area contributed by atoms with Gasteiger partial charge in [0.05, 0.1) is 18.5 Å². The summed E-state index contributed by atoms with van der Waals surface area (Å²) in [5.74, 6) is 0.675. The summed E-state index contributed by atoms with van der Waals surface area (Å²) in [5.41, 5.74) is 2.87. The third-order valence-corrected chi connectivity index (χ3v) is 3.88. The first-order chi connectivity index (χ1) is 11.4. The molecule has 4 aromatic rings. The summed E-state index contributed by atoms with van der Waals surface area (Å²) in [6, 6.07) is 14.7. The van der Waals surface area contributed by atoms with Crippen molar-refractivity contribution in [1.82, 2.24) is 14.4 Å². The summed E-state index contributed by atoms with van der Waals surface area (Å²) in [5, 5.41) is 14.5. The summed E-state index contributed by atoms with van der Waals surface area (Å²) < 4.78 is 2.01. The van der Waals surface area contributed by atoms with Crippen molar-refractivity contribution in [3.05, 3.63) is 61.1 Å². The zero-order chi connectivity index (χ0) is 15.6. The number of imidazole rings is 1. The van der Waals surface area contributed by atoms with Gasteiger partial charge in [0.15, 0.2) is 11.5 Å². The van der Waals surface area contributed by atoms with E-state index < -0.39 is 0 Å². The minimum atomic E-state index is 0.0565. The van der Waals surface area contributed by atoms with Crippen LogP contribution < -0.4 is 5.32 Å². The molecule has 0 aliphatic rings. The normalized spacial score (nSPS) is 11.2. The van der Waals surface area contributed by atoms with Crippen molar-refractivity contribution in [2.24, 2.45) is 0 Å². The maximum Gasteiger partial charge on any atom is 0.180 e. The van der Waals surface area contributed by atoms with Crippen LogP contribution in [0.2, 0.25) is 0 Å². The topological polar surface area (TPSA) is 62.5 Å². The summed E-state index contributed by atoms with van der Waals surface area (Å²) in [6.07, 6.45) is 5.49. The molecular weight excluding hydrogens is 288 g/mol. The summed E-state index contributed by atoms with van der Waals surface area (Å²) in [6.45, 7) is 0.506. The second-order valence-electron chi connectivity index (χ2n) is 5.33. The second-order valence-corrected chi connectivity index (χ2v) is 5.33. The molecule has 0 amide bonds. The Morgan fingerprint density at radius 3 is 2.78 bits per heavy atom. The van der Waals surface area contributed by atoms with Crippen LogP contribution in [0.25, 0.3) is 27.7 Å². The molecule has 2 aromatic carbocycles. The maximum absolute atomic E-state index is 8.97. The van der Waals surface area contributed by atoms with Crippen LogP contribution in [0.4, 0.5) is 5.82 Å². The van der Waals surface area contributed by atoms with Gasteiger partial charge in [-0.1, -0.05) is 36.4 Å². The first-order valence-electron chi connectivity index (χ1n) is 7.53. The number of hydrogen-bond acceptors (Lipinski definition) is 4. The average molecular weight is 304 g/mol. The van der Waals surface area contributed by atoms with Crippen molar-refractivity contribution >= 4 is 22.2 Å². The van der Waals surface area contributed by atoms with Gasteiger partial charge in [-0.25, -0.2) is 9.97 Å². The molecule has 0 unspecified atom stereocenters. The zero-order valence-corrected chi connectivity index (χ0v) is 12.5. The highest BCUT2D eigenvalue weighted by atomic mass is 16.3. The quantitative estimate of drug-likeness (QED) is 0.608. The van der Waals surface area contributed by atoms with E-state index in [0.717, 1.165) is 16.9 Å². The molecule has 0 spiro atoms. The largest absolute Gasteiger partial charge is 0.395 e. The molecule has 5 nitrogen and oxygen atoms in total. The number of benzene rings is 2. The van der Waals surface area contributed by atoms with Gasteiger partial charge in [0.25, 0.3) is 0 Å². The standard InChI is InChI=1S/C18H16N4O/c23-10-8-20-17-18-21-12-16(22(18)9-7-19-17)15-6-5-13-3-1-2-4-14(13)11-15/h1-7,9,11-12,23H,8,10H2,(H,19,20). The first-order valence-corrected chi connectivity index (χ1v) is 7.53. The Bertz CT molecular complexity index is 977. The first kappa shape index (κ1) is 13.7. The van der Waals surface area contributed by atoms with Gasteiger partial charge >= 0.3 is 0 Å². The molecule has 5 heteroatoms. The van der Waals surface area contributed by atoms with Gasteiger partial charge in [-0.05, 0) is 16.8 Å². The highest BCUT2D eigenvalue weighted by Gasteiger charge is 2.10. The third-order valence-electron chi connectivity index (χ3n) is 3.88. The van der Waals surface area contributed by atoms with E-state index in [1.165, 1.54) is 10.8 Å². The number of anilines is 1. The number of aromatic nitrogens is 3. The molecule has 0 aliphatic carbocycles. The van der Waals surface area contributed by atoms with Crippen LogP contribution >= 0.6 is 0 Å². The van der Waals surface area contributed by atoms with Crippen molar-refractivity contribution in [2.75, 3.05) is 18.5 Å². The van der Waals surface area contributed by atoms with E-state index in [0.29, 0.717) is 12.4 Å². The van der Waals surface area contributed by atoms with Gasteiger partial charge < -0.3 is 10.4 Å². The fourth-order valence-electron chi connectivity index (χ4n) is 2.78. The Morgan fingerprint density at radius 2 is 1.91 bits per heavy atom. The smallest absolute Gasteiger partial charge is 0.180 e. The molecule has 0 aliphatic heterocycles. The number of hydrogen-bond donors (Lipinski definition) is 2. The Kier molecular flexibility index (Phi) is 3.40. The minimum Gasteiger partial charge on any atom is -0.395 e. The summed E-state index contributed by atoms with van der Waals surface area (Å²) >= 11 is 0. The van der Waals surface area contributed by atoms with Gasteiger partial charge in [-0.15, -0.1) is 0 Å². The van der Waals surface area contributed by atoms with E-state index in [1.807, 2.05) is 28.9 Å². The second kappa shape index (κ2) is 5.70. The molecule has 114 valence electrons. The van der Waals surface area contributed by atoms with E-state index in [4.69, 9.17) is 5.11 Å². The molecule has 0 atom stereocenters. The minimum absolute atomic E-state index is 0.0565. The lowest BCUT2D eigenvalue weighted by molar-refractivity contribution is 0.311. The Morgan fingerprint density at radius 1 is 1.04 bits per heavy atom. The third kappa shape index (κ3) is 2.41. The lowest BCUT2D eigenvalue weighted by Gasteiger charge is -2.07. The number of fused-ring (bicyclic) bond motifs is 2. The van der Waals surface area contributed by atoms with Crippen LogP contribution in [-0.4, -0.2) is 32.6 Å². The Labute approximate surface area is 133 Å². The van der Waals surface area contributed by atoms with Crippen LogP contribution in [0, 0.1) is 0 Å². The number of aliphatic hydroxyl groups excluding tert-OH is 1. The van der Waals surface area contributed by atoms with Gasteiger partial charge in [-0.2, -0.15) is 0 Å². The predicted molar refractivity (Wildman–Crippen MR) is 91.5 cm³/mol. The van der Waals surface area contributed by atoms with Crippen LogP contribution in [0.1, 0.15) is 0 Å². The van der Waals surface area contributed by atoms with Crippen molar-refractivity contribution in [3.8, 4) is 11.3 Å². The number of rotatable bonds is 4. The van der Waals surface area contributed by atoms with Gasteiger partial charge in [-0.3, -0.25) is 4.40 Å². The van der Waals surface area contributed by atoms with E-state index in [1.54, 1.807) is 6.20 Å². The van der Waals surface area contributed by atoms with Crippen molar-refractivity contribution in [2.45, 2.75) is 0 Å². The van der Waals surface area contributed by atoms with Crippen LogP contribution in [-0.2, 0) is 0 Å². The molecular formula is C18H16N4O. The average Bonchev–Trinajstić information content (AvgIpc) is 3.04. The maximum atomic E-state index is 8.97. The molecule has 0 radical (unpaired) electrons. The van der Waals surface area contributed by atoms with E-state index >= 15 is 0 Å². The highest BCUT2D eigenvalue weighted by molar-refractivity contribution is 5.87. The fourth-order valence-corrected chi connectivity index (χ4v) is 2.78. The summed E-state index contributed by atoms with van der Waals surface area (Å²) in [4.78, 5) is 8.78. The number of nitrogens with one attached hydrogen (secondary N) is 1. The van der Waals surface area contributed by atoms with E-state index in [-0.39, 0.29) is 6.61 Å². The van der Waals surface area contributed by atoms with Crippen molar-refractivity contribution in [3.63, 3.8) is 0 Å². The van der Waals surface area contributed by atoms with Crippen LogP contribution in [0.15, 0.2) is 61.1 Å². The molecule has 2 N–H and O–H groups in total. The Hall–Kier alpha value is -2.92.